The van der Waals surface area contributed by atoms with E-state index in [9.17, 15) is 9.59 Å². The minimum Gasteiger partial charge on any atom is -0.481 e. The molecule has 2 N–H and O–H groups in total. The van der Waals surface area contributed by atoms with Crippen LogP contribution in [0.2, 0.25) is 10.0 Å². The molecule has 0 unspecified atom stereocenters. The van der Waals surface area contributed by atoms with Gasteiger partial charge in [-0.15, -0.1) is 0 Å². The van der Waals surface area contributed by atoms with Crippen molar-refractivity contribution in [3.63, 3.8) is 0 Å². The molecule has 0 saturated heterocycles. The Labute approximate surface area is 127 Å². The van der Waals surface area contributed by atoms with Crippen molar-refractivity contribution in [2.45, 2.75) is 37.6 Å². The van der Waals surface area contributed by atoms with Crippen LogP contribution in [0.1, 0.15) is 42.5 Å². The molecular formula is C14H15Cl2NO3. The summed E-state index contributed by atoms with van der Waals surface area (Å²) in [5.41, 5.74) is -0.259. The molecule has 1 aliphatic carbocycles. The molecule has 2 rings (SSSR count). The normalized spacial score (nSPS) is 16.9. The molecule has 0 heterocycles. The number of carboxylic acid groups (broad SMARTS) is 1. The van der Waals surface area contributed by atoms with Crippen LogP contribution in [-0.4, -0.2) is 22.5 Å². The highest BCUT2D eigenvalue weighted by atomic mass is 35.5. The quantitative estimate of drug-likeness (QED) is 0.893. The van der Waals surface area contributed by atoms with Gasteiger partial charge in [0, 0.05) is 5.56 Å². The van der Waals surface area contributed by atoms with Crippen LogP contribution in [0.15, 0.2) is 18.2 Å². The van der Waals surface area contributed by atoms with Crippen LogP contribution in [0.5, 0.6) is 0 Å². The number of rotatable bonds is 4. The molecule has 0 bridgehead atoms. The summed E-state index contributed by atoms with van der Waals surface area (Å²) in [5.74, 6) is -1.21. The summed E-state index contributed by atoms with van der Waals surface area (Å²) in [5, 5.41) is 12.6. The van der Waals surface area contributed by atoms with Gasteiger partial charge >= 0.3 is 5.97 Å². The number of nitrogens with one attached hydrogen (secondary N) is 1. The third kappa shape index (κ3) is 3.44. The highest BCUT2D eigenvalue weighted by Gasteiger charge is 2.37. The number of benzene rings is 1. The zero-order chi connectivity index (χ0) is 14.8. The average molecular weight is 316 g/mol. The fraction of sp³-hybridized carbons (Fsp3) is 0.429. The van der Waals surface area contributed by atoms with Crippen molar-refractivity contribution in [1.82, 2.24) is 5.32 Å². The number of hydrogen-bond donors (Lipinski definition) is 2. The first kappa shape index (κ1) is 15.1. The smallest absolute Gasteiger partial charge is 0.305 e. The number of carboxylic acids is 1. The van der Waals surface area contributed by atoms with Gasteiger partial charge in [0.1, 0.15) is 0 Å². The Kier molecular flexibility index (Phi) is 4.55. The fourth-order valence-corrected chi connectivity index (χ4v) is 2.94. The molecule has 0 spiro atoms. The Balaban J connectivity index is 2.16. The Hall–Kier alpha value is -1.26. The molecule has 108 valence electrons. The third-order valence-corrected chi connectivity index (χ3v) is 4.35. The molecule has 1 aromatic rings. The molecular weight excluding hydrogens is 301 g/mol. The Bertz CT molecular complexity index is 539. The topological polar surface area (TPSA) is 66.4 Å². The van der Waals surface area contributed by atoms with E-state index in [2.05, 4.69) is 5.32 Å². The summed E-state index contributed by atoms with van der Waals surface area (Å²) in [6, 6.07) is 4.62. The molecule has 0 atom stereocenters. The Morgan fingerprint density at radius 1 is 1.20 bits per heavy atom. The maximum absolute atomic E-state index is 12.2. The monoisotopic (exact) mass is 315 g/mol. The third-order valence-electron chi connectivity index (χ3n) is 3.61. The summed E-state index contributed by atoms with van der Waals surface area (Å²) >= 11 is 11.7. The molecule has 1 amide bonds. The summed E-state index contributed by atoms with van der Waals surface area (Å²) < 4.78 is 0. The fourth-order valence-electron chi connectivity index (χ4n) is 2.64. The van der Waals surface area contributed by atoms with Crippen LogP contribution in [0.4, 0.5) is 0 Å². The van der Waals surface area contributed by atoms with Crippen molar-refractivity contribution in [3.8, 4) is 0 Å². The van der Waals surface area contributed by atoms with Gasteiger partial charge in [-0.1, -0.05) is 36.0 Å². The highest BCUT2D eigenvalue weighted by molar-refractivity contribution is 6.42. The Morgan fingerprint density at radius 2 is 1.85 bits per heavy atom. The van der Waals surface area contributed by atoms with Crippen LogP contribution in [0, 0.1) is 0 Å². The molecule has 0 aromatic heterocycles. The van der Waals surface area contributed by atoms with Gasteiger partial charge in [0.05, 0.1) is 22.0 Å². The molecule has 0 aliphatic heterocycles. The maximum atomic E-state index is 12.2. The molecule has 1 aromatic carbocycles. The first-order chi connectivity index (χ1) is 9.42. The van der Waals surface area contributed by atoms with E-state index in [4.69, 9.17) is 28.3 Å². The second-order valence-electron chi connectivity index (χ2n) is 5.14. The van der Waals surface area contributed by atoms with Crippen LogP contribution in [0.25, 0.3) is 0 Å². The van der Waals surface area contributed by atoms with Crippen molar-refractivity contribution >= 4 is 35.1 Å². The summed E-state index contributed by atoms with van der Waals surface area (Å²) in [7, 11) is 0. The molecule has 4 nitrogen and oxygen atoms in total. The highest BCUT2D eigenvalue weighted by Crippen LogP contribution is 2.33. The lowest BCUT2D eigenvalue weighted by molar-refractivity contribution is -0.138. The van der Waals surface area contributed by atoms with Crippen LogP contribution < -0.4 is 5.32 Å². The molecule has 20 heavy (non-hydrogen) atoms. The first-order valence-electron chi connectivity index (χ1n) is 6.41. The number of halogens is 2. The predicted octanol–water partition coefficient (Wildman–Crippen LogP) is 3.51. The van der Waals surface area contributed by atoms with Gasteiger partial charge in [-0.25, -0.2) is 0 Å². The SMILES string of the molecule is O=C(O)CC1(NC(=O)c2ccc(Cl)c(Cl)c2)CCCC1. The van der Waals surface area contributed by atoms with Gasteiger partial charge in [0.15, 0.2) is 0 Å². The molecule has 1 saturated carbocycles. The van der Waals surface area contributed by atoms with E-state index in [0.29, 0.717) is 28.5 Å². The van der Waals surface area contributed by atoms with Crippen LogP contribution >= 0.6 is 23.2 Å². The molecule has 6 heteroatoms. The zero-order valence-electron chi connectivity index (χ0n) is 10.8. The summed E-state index contributed by atoms with van der Waals surface area (Å²) in [6.07, 6.45) is 3.17. The van der Waals surface area contributed by atoms with E-state index >= 15 is 0 Å². The Morgan fingerprint density at radius 3 is 2.40 bits per heavy atom. The van der Waals surface area contributed by atoms with Crippen LogP contribution in [0.3, 0.4) is 0 Å². The second-order valence-corrected chi connectivity index (χ2v) is 5.96. The van der Waals surface area contributed by atoms with Gasteiger partial charge in [-0.2, -0.15) is 0 Å². The van der Waals surface area contributed by atoms with Gasteiger partial charge in [0.25, 0.3) is 5.91 Å². The number of amides is 1. The summed E-state index contributed by atoms with van der Waals surface area (Å²) in [6.45, 7) is 0. The van der Waals surface area contributed by atoms with Crippen molar-refractivity contribution in [1.29, 1.82) is 0 Å². The maximum Gasteiger partial charge on any atom is 0.305 e. The number of carbonyl (C=O) groups excluding carboxylic acids is 1. The zero-order valence-corrected chi connectivity index (χ0v) is 12.3. The molecule has 1 fully saturated rings. The van der Waals surface area contributed by atoms with E-state index in [-0.39, 0.29) is 12.3 Å². The van der Waals surface area contributed by atoms with E-state index in [1.807, 2.05) is 0 Å². The predicted molar refractivity (Wildman–Crippen MR) is 77.4 cm³/mol. The lowest BCUT2D eigenvalue weighted by Gasteiger charge is -2.28. The van der Waals surface area contributed by atoms with E-state index < -0.39 is 11.5 Å². The molecule has 1 aliphatic rings. The van der Waals surface area contributed by atoms with Crippen molar-refractivity contribution in [2.75, 3.05) is 0 Å². The minimum atomic E-state index is -0.902. The standard InChI is InChI=1S/C14H15Cl2NO3/c15-10-4-3-9(7-11(10)16)13(20)17-14(8-12(18)19)5-1-2-6-14/h3-4,7H,1-2,5-6,8H2,(H,17,20)(H,18,19). The number of hydrogen-bond acceptors (Lipinski definition) is 2. The van der Waals surface area contributed by atoms with E-state index in [0.717, 1.165) is 12.8 Å². The lowest BCUT2D eigenvalue weighted by Crippen LogP contribution is -2.47. The van der Waals surface area contributed by atoms with E-state index in [1.165, 1.54) is 6.07 Å². The van der Waals surface area contributed by atoms with Gasteiger partial charge in [0.2, 0.25) is 0 Å². The minimum absolute atomic E-state index is 0.0555. The number of carbonyl (C=O) groups is 2. The van der Waals surface area contributed by atoms with Crippen molar-refractivity contribution < 1.29 is 14.7 Å². The first-order valence-corrected chi connectivity index (χ1v) is 7.17. The number of aliphatic carboxylic acids is 1. The second kappa shape index (κ2) is 6.02. The largest absolute Gasteiger partial charge is 0.481 e. The van der Waals surface area contributed by atoms with Crippen molar-refractivity contribution in [2.24, 2.45) is 0 Å². The lowest BCUT2D eigenvalue weighted by atomic mass is 9.92. The van der Waals surface area contributed by atoms with Gasteiger partial charge in [-0.05, 0) is 31.0 Å². The van der Waals surface area contributed by atoms with E-state index in [1.54, 1.807) is 12.1 Å². The molecule has 0 radical (unpaired) electrons. The van der Waals surface area contributed by atoms with Crippen LogP contribution in [-0.2, 0) is 4.79 Å². The van der Waals surface area contributed by atoms with Gasteiger partial charge in [-0.3, -0.25) is 9.59 Å². The average Bonchev–Trinajstić information content (AvgIpc) is 2.79. The summed E-state index contributed by atoms with van der Waals surface area (Å²) in [4.78, 5) is 23.2. The van der Waals surface area contributed by atoms with Gasteiger partial charge < -0.3 is 10.4 Å². The van der Waals surface area contributed by atoms with Crippen molar-refractivity contribution in [3.05, 3.63) is 33.8 Å².